The number of hydrogen-bond donors (Lipinski definition) is 0. The summed E-state index contributed by atoms with van der Waals surface area (Å²) in [6.07, 6.45) is -0.224. The second kappa shape index (κ2) is 5.93. The van der Waals surface area contributed by atoms with Crippen molar-refractivity contribution in [1.82, 2.24) is 4.90 Å². The molecule has 0 aromatic heterocycles. The summed E-state index contributed by atoms with van der Waals surface area (Å²) in [5.74, 6) is -2.06. The first kappa shape index (κ1) is 14.2. The molecule has 1 aliphatic heterocycles. The molecule has 2 amide bonds. The van der Waals surface area contributed by atoms with Gasteiger partial charge in [0.1, 0.15) is 5.92 Å². The highest BCUT2D eigenvalue weighted by molar-refractivity contribution is 6.21. The summed E-state index contributed by atoms with van der Waals surface area (Å²) >= 11 is 0. The van der Waals surface area contributed by atoms with Crippen LogP contribution in [0.4, 0.5) is 0 Å². The van der Waals surface area contributed by atoms with Crippen molar-refractivity contribution in [2.75, 3.05) is 0 Å². The van der Waals surface area contributed by atoms with E-state index in [0.29, 0.717) is 5.56 Å². The van der Waals surface area contributed by atoms with Crippen LogP contribution in [-0.2, 0) is 20.9 Å². The van der Waals surface area contributed by atoms with Crippen LogP contribution < -0.4 is 0 Å². The molecule has 22 heavy (non-hydrogen) atoms. The average molecular weight is 293 g/mol. The second-order valence-corrected chi connectivity index (χ2v) is 5.29. The van der Waals surface area contributed by atoms with E-state index in [1.54, 1.807) is 24.3 Å². The molecule has 0 spiro atoms. The summed E-state index contributed by atoms with van der Waals surface area (Å²) in [6.45, 7) is 0.203. The molecular weight excluding hydrogens is 278 g/mol. The van der Waals surface area contributed by atoms with Crippen molar-refractivity contribution in [3.8, 4) is 0 Å². The van der Waals surface area contributed by atoms with Gasteiger partial charge in [0.25, 0.3) is 0 Å². The lowest BCUT2D eigenvalue weighted by molar-refractivity contribution is -0.153. The first-order valence-electron chi connectivity index (χ1n) is 7.12. The molecule has 1 unspecified atom stereocenters. The van der Waals surface area contributed by atoms with Gasteiger partial charge in [-0.1, -0.05) is 60.7 Å². The smallest absolute Gasteiger partial charge is 0.244 e. The van der Waals surface area contributed by atoms with Crippen molar-refractivity contribution in [1.29, 1.82) is 0 Å². The molecule has 1 fully saturated rings. The van der Waals surface area contributed by atoms with E-state index in [-0.39, 0.29) is 18.7 Å². The summed E-state index contributed by atoms with van der Waals surface area (Å²) in [5.41, 5.74) is 1.51. The number of rotatable bonds is 3. The number of carbonyl (C=O) groups excluding carboxylic acids is 3. The fourth-order valence-electron chi connectivity index (χ4n) is 2.67. The number of amides is 2. The van der Waals surface area contributed by atoms with Crippen LogP contribution in [-0.4, -0.2) is 22.5 Å². The Kier molecular flexibility index (Phi) is 3.83. The van der Waals surface area contributed by atoms with Gasteiger partial charge < -0.3 is 0 Å². The second-order valence-electron chi connectivity index (χ2n) is 5.29. The number of piperidine rings is 1. The van der Waals surface area contributed by atoms with Gasteiger partial charge in [0.15, 0.2) is 5.78 Å². The lowest BCUT2D eigenvalue weighted by Crippen LogP contribution is -2.47. The van der Waals surface area contributed by atoms with Gasteiger partial charge >= 0.3 is 0 Å². The van der Waals surface area contributed by atoms with Crippen LogP contribution in [0.1, 0.15) is 23.5 Å². The van der Waals surface area contributed by atoms with Crippen LogP contribution in [0.15, 0.2) is 60.7 Å². The zero-order valence-electron chi connectivity index (χ0n) is 11.9. The van der Waals surface area contributed by atoms with Gasteiger partial charge in [-0.25, -0.2) is 0 Å². The number of Topliss-reactive ketones (excluding diaryl/α,β-unsaturated/α-hetero) is 1. The largest absolute Gasteiger partial charge is 0.298 e. The van der Waals surface area contributed by atoms with E-state index in [0.717, 1.165) is 5.56 Å². The van der Waals surface area contributed by atoms with Crippen molar-refractivity contribution < 1.29 is 14.4 Å². The van der Waals surface area contributed by atoms with Crippen LogP contribution in [0.2, 0.25) is 0 Å². The molecule has 4 heteroatoms. The van der Waals surface area contributed by atoms with E-state index >= 15 is 0 Å². The fourth-order valence-corrected chi connectivity index (χ4v) is 2.67. The maximum atomic E-state index is 12.6. The molecule has 0 radical (unpaired) electrons. The standard InChI is InChI=1S/C18H15NO3/c20-15-11-16(21)19(12-13-7-3-1-4-8-13)18(22)17(15)14-9-5-2-6-10-14/h1-10,17H,11-12H2. The molecule has 1 saturated heterocycles. The number of likely N-dealkylation sites (tertiary alicyclic amines) is 1. The summed E-state index contributed by atoms with van der Waals surface area (Å²) in [4.78, 5) is 38.1. The topological polar surface area (TPSA) is 54.5 Å². The summed E-state index contributed by atoms with van der Waals surface area (Å²) in [6, 6.07) is 18.2. The molecule has 4 nitrogen and oxygen atoms in total. The van der Waals surface area contributed by atoms with Gasteiger partial charge in [-0.05, 0) is 11.1 Å². The van der Waals surface area contributed by atoms with Crippen LogP contribution in [0.3, 0.4) is 0 Å². The Bertz CT molecular complexity index is 710. The molecule has 0 N–H and O–H groups in total. The van der Waals surface area contributed by atoms with Crippen molar-refractivity contribution in [2.24, 2.45) is 0 Å². The molecule has 1 aliphatic rings. The Morgan fingerprint density at radius 1 is 0.864 bits per heavy atom. The minimum absolute atomic E-state index is 0.203. The number of hydrogen-bond acceptors (Lipinski definition) is 3. The van der Waals surface area contributed by atoms with Gasteiger partial charge in [-0.3, -0.25) is 19.3 Å². The normalized spacial score (nSPS) is 18.6. The summed E-state index contributed by atoms with van der Waals surface area (Å²) < 4.78 is 0. The lowest BCUT2D eigenvalue weighted by Gasteiger charge is -2.30. The monoisotopic (exact) mass is 293 g/mol. The number of imide groups is 1. The highest BCUT2D eigenvalue weighted by atomic mass is 16.2. The van der Waals surface area contributed by atoms with E-state index in [9.17, 15) is 14.4 Å². The minimum Gasteiger partial charge on any atom is -0.298 e. The fraction of sp³-hybridized carbons (Fsp3) is 0.167. The zero-order chi connectivity index (χ0) is 15.5. The van der Waals surface area contributed by atoms with E-state index < -0.39 is 17.7 Å². The van der Waals surface area contributed by atoms with Crippen molar-refractivity contribution in [3.05, 3.63) is 71.8 Å². The molecule has 1 heterocycles. The van der Waals surface area contributed by atoms with Crippen LogP contribution in [0.25, 0.3) is 0 Å². The van der Waals surface area contributed by atoms with E-state index in [4.69, 9.17) is 0 Å². The molecule has 110 valence electrons. The zero-order valence-corrected chi connectivity index (χ0v) is 11.9. The van der Waals surface area contributed by atoms with Gasteiger partial charge in [-0.15, -0.1) is 0 Å². The molecule has 0 bridgehead atoms. The Balaban J connectivity index is 1.89. The van der Waals surface area contributed by atoms with Gasteiger partial charge in [0.05, 0.1) is 13.0 Å². The number of carbonyl (C=O) groups is 3. The lowest BCUT2D eigenvalue weighted by atomic mass is 9.88. The summed E-state index contributed by atoms with van der Waals surface area (Å²) in [5, 5.41) is 0. The number of nitrogens with zero attached hydrogens (tertiary/aromatic N) is 1. The van der Waals surface area contributed by atoms with Gasteiger partial charge in [0, 0.05) is 0 Å². The van der Waals surface area contributed by atoms with Crippen molar-refractivity contribution in [3.63, 3.8) is 0 Å². The predicted molar refractivity (Wildman–Crippen MR) is 80.8 cm³/mol. The SMILES string of the molecule is O=C1CC(=O)N(Cc2ccccc2)C(=O)C1c1ccccc1. The third-order valence-corrected chi connectivity index (χ3v) is 3.78. The minimum atomic E-state index is -0.873. The Labute approximate surface area is 128 Å². The third-order valence-electron chi connectivity index (χ3n) is 3.78. The molecule has 0 saturated carbocycles. The molecule has 2 aromatic carbocycles. The first-order chi connectivity index (χ1) is 10.7. The average Bonchev–Trinajstić information content (AvgIpc) is 2.53. The van der Waals surface area contributed by atoms with E-state index in [1.807, 2.05) is 36.4 Å². The Hall–Kier alpha value is -2.75. The first-order valence-corrected chi connectivity index (χ1v) is 7.12. The maximum Gasteiger partial charge on any atom is 0.244 e. The van der Waals surface area contributed by atoms with E-state index in [1.165, 1.54) is 4.90 Å². The number of ketones is 1. The van der Waals surface area contributed by atoms with Crippen LogP contribution >= 0.6 is 0 Å². The quantitative estimate of drug-likeness (QED) is 0.644. The van der Waals surface area contributed by atoms with Crippen molar-refractivity contribution >= 4 is 17.6 Å². The van der Waals surface area contributed by atoms with Crippen molar-refractivity contribution in [2.45, 2.75) is 18.9 Å². The van der Waals surface area contributed by atoms with Crippen LogP contribution in [0, 0.1) is 0 Å². The van der Waals surface area contributed by atoms with E-state index in [2.05, 4.69) is 0 Å². The molecule has 3 rings (SSSR count). The number of benzene rings is 2. The highest BCUT2D eigenvalue weighted by Gasteiger charge is 2.41. The Morgan fingerprint density at radius 2 is 1.45 bits per heavy atom. The highest BCUT2D eigenvalue weighted by Crippen LogP contribution is 2.27. The molecular formula is C18H15NO3. The molecule has 1 atom stereocenters. The molecule has 0 aliphatic carbocycles. The van der Waals surface area contributed by atoms with Crippen LogP contribution in [0.5, 0.6) is 0 Å². The Morgan fingerprint density at radius 3 is 2.09 bits per heavy atom. The molecule has 2 aromatic rings. The van der Waals surface area contributed by atoms with Gasteiger partial charge in [-0.2, -0.15) is 0 Å². The summed E-state index contributed by atoms with van der Waals surface area (Å²) in [7, 11) is 0. The predicted octanol–water partition coefficient (Wildman–Crippen LogP) is 2.30. The third kappa shape index (κ3) is 2.68. The maximum absolute atomic E-state index is 12.6. The van der Waals surface area contributed by atoms with Gasteiger partial charge in [0.2, 0.25) is 11.8 Å².